The van der Waals surface area contributed by atoms with Crippen LogP contribution < -0.4 is 0 Å². The van der Waals surface area contributed by atoms with Gasteiger partial charge in [-0.05, 0) is 65.2 Å². The van der Waals surface area contributed by atoms with Crippen molar-refractivity contribution in [2.45, 2.75) is 47.5 Å². The fourth-order valence-electron chi connectivity index (χ4n) is 2.16. The van der Waals surface area contributed by atoms with Gasteiger partial charge in [0.2, 0.25) is 0 Å². The summed E-state index contributed by atoms with van der Waals surface area (Å²) in [5, 5.41) is 19.7. The van der Waals surface area contributed by atoms with Gasteiger partial charge in [0.25, 0.3) is 0 Å². The molecular weight excluding hydrogens is 292 g/mol. The highest BCUT2D eigenvalue weighted by Crippen LogP contribution is 2.32. The minimum Gasteiger partial charge on any atom is -0.508 e. The fourth-order valence-corrected chi connectivity index (χ4v) is 2.16. The number of rotatable bonds is 6. The van der Waals surface area contributed by atoms with Crippen LogP contribution in [0.5, 0.6) is 11.5 Å². The van der Waals surface area contributed by atoms with E-state index in [2.05, 4.69) is 19.9 Å². The first kappa shape index (κ1) is 18.8. The normalized spacial score (nSPS) is 11.3. The van der Waals surface area contributed by atoms with Crippen molar-refractivity contribution in [2.24, 2.45) is 0 Å². The van der Waals surface area contributed by atoms with Crippen LogP contribution in [0.15, 0.2) is 29.4 Å². The molecule has 1 aromatic carbocycles. The lowest BCUT2D eigenvalue weighted by atomic mass is 10.0. The average Bonchev–Trinajstić information content (AvgIpc) is 2.44. The largest absolute Gasteiger partial charge is 0.508 e. The van der Waals surface area contributed by atoms with Crippen molar-refractivity contribution in [3.8, 4) is 11.5 Å². The molecule has 0 spiro atoms. The van der Waals surface area contributed by atoms with E-state index in [1.165, 1.54) is 11.6 Å². The third kappa shape index (κ3) is 5.47. The molecule has 0 aliphatic heterocycles. The number of allylic oxidation sites excluding steroid dienone is 3. The van der Waals surface area contributed by atoms with Crippen molar-refractivity contribution in [1.82, 2.24) is 0 Å². The molecule has 0 amide bonds. The van der Waals surface area contributed by atoms with Crippen molar-refractivity contribution in [3.05, 3.63) is 46.1 Å². The quantitative estimate of drug-likeness (QED) is 0.596. The van der Waals surface area contributed by atoms with Crippen LogP contribution in [-0.4, -0.2) is 22.8 Å². The van der Waals surface area contributed by atoms with Gasteiger partial charge < -0.3 is 14.9 Å². The van der Waals surface area contributed by atoms with E-state index < -0.39 is 5.97 Å². The molecule has 0 heterocycles. The molecule has 2 N–H and O–H groups in total. The summed E-state index contributed by atoms with van der Waals surface area (Å²) in [7, 11) is 0. The van der Waals surface area contributed by atoms with E-state index >= 15 is 0 Å². The molecule has 0 bridgehead atoms. The smallest absolute Gasteiger partial charge is 0.342 e. The maximum Gasteiger partial charge on any atom is 0.342 e. The Morgan fingerprint density at radius 2 is 1.83 bits per heavy atom. The number of benzene rings is 1. The molecule has 0 aliphatic rings. The maximum absolute atomic E-state index is 12.1. The molecule has 4 nitrogen and oxygen atoms in total. The number of hydrogen-bond acceptors (Lipinski definition) is 4. The number of aromatic hydroxyl groups is 2. The highest BCUT2D eigenvalue weighted by molar-refractivity contribution is 5.95. The topological polar surface area (TPSA) is 66.8 Å². The van der Waals surface area contributed by atoms with Crippen molar-refractivity contribution >= 4 is 5.97 Å². The van der Waals surface area contributed by atoms with E-state index in [-0.39, 0.29) is 29.2 Å². The number of phenolic OH excluding ortho intramolecular Hbond substituents is 2. The van der Waals surface area contributed by atoms with E-state index in [1.807, 2.05) is 13.0 Å². The Hall–Kier alpha value is -2.23. The molecule has 0 saturated heterocycles. The van der Waals surface area contributed by atoms with Crippen LogP contribution in [-0.2, 0) is 4.74 Å². The van der Waals surface area contributed by atoms with Gasteiger partial charge in [0.05, 0.1) is 0 Å². The standard InChI is InChI=1S/C19H26O4/c1-12(2)7-6-8-13(3)9-10-23-19(22)17-14(4)11-16(20)15(5)18(17)21/h7,9,11,20-21H,6,8,10H2,1-5H3/b13-9+. The monoisotopic (exact) mass is 318 g/mol. The molecule has 126 valence electrons. The molecule has 0 fully saturated rings. The van der Waals surface area contributed by atoms with E-state index in [9.17, 15) is 15.0 Å². The molecule has 0 aliphatic carbocycles. The van der Waals surface area contributed by atoms with Gasteiger partial charge in [-0.2, -0.15) is 0 Å². The van der Waals surface area contributed by atoms with Gasteiger partial charge in [-0.1, -0.05) is 17.2 Å². The van der Waals surface area contributed by atoms with E-state index in [0.29, 0.717) is 5.56 Å². The number of hydrogen-bond donors (Lipinski definition) is 2. The molecule has 1 rings (SSSR count). The summed E-state index contributed by atoms with van der Waals surface area (Å²) in [6.07, 6.45) is 5.93. The van der Waals surface area contributed by atoms with Crippen molar-refractivity contribution in [2.75, 3.05) is 6.61 Å². The zero-order chi connectivity index (χ0) is 17.6. The molecule has 1 aromatic rings. The number of phenols is 2. The summed E-state index contributed by atoms with van der Waals surface area (Å²) in [6.45, 7) is 9.49. The number of aryl methyl sites for hydroxylation is 1. The Morgan fingerprint density at radius 3 is 2.43 bits per heavy atom. The second-order valence-corrected chi connectivity index (χ2v) is 6.03. The molecular formula is C19H26O4. The second kappa shape index (κ2) is 8.42. The highest BCUT2D eigenvalue weighted by Gasteiger charge is 2.19. The maximum atomic E-state index is 12.1. The van der Waals surface area contributed by atoms with Gasteiger partial charge in [-0.15, -0.1) is 0 Å². The molecule has 0 atom stereocenters. The third-order valence-corrected chi connectivity index (χ3v) is 3.67. The van der Waals surface area contributed by atoms with Crippen molar-refractivity contribution < 1.29 is 19.7 Å². The predicted octanol–water partition coefficient (Wildman–Crippen LogP) is 4.56. The number of carbonyl (C=O) groups excluding carboxylic acids is 1. The lowest BCUT2D eigenvalue weighted by Crippen LogP contribution is -2.08. The first-order chi connectivity index (χ1) is 10.7. The van der Waals surface area contributed by atoms with Crippen LogP contribution in [0, 0.1) is 13.8 Å². The van der Waals surface area contributed by atoms with Crippen LogP contribution in [0.4, 0.5) is 0 Å². The van der Waals surface area contributed by atoms with Gasteiger partial charge in [-0.25, -0.2) is 4.79 Å². The lowest BCUT2D eigenvalue weighted by Gasteiger charge is -2.11. The second-order valence-electron chi connectivity index (χ2n) is 6.03. The summed E-state index contributed by atoms with van der Waals surface area (Å²) >= 11 is 0. The Labute approximate surface area is 138 Å². The van der Waals surface area contributed by atoms with Crippen LogP contribution >= 0.6 is 0 Å². The number of esters is 1. The Bertz CT molecular complexity index is 635. The first-order valence-electron chi connectivity index (χ1n) is 7.72. The SMILES string of the molecule is CC(C)=CCC/C(C)=C/COC(=O)c1c(C)cc(O)c(C)c1O. The number of carbonyl (C=O) groups is 1. The third-order valence-electron chi connectivity index (χ3n) is 3.67. The molecule has 0 unspecified atom stereocenters. The summed E-state index contributed by atoms with van der Waals surface area (Å²) in [5.74, 6) is -0.847. The fraction of sp³-hybridized carbons (Fsp3) is 0.421. The van der Waals surface area contributed by atoms with Gasteiger partial charge in [0, 0.05) is 5.56 Å². The van der Waals surface area contributed by atoms with Crippen molar-refractivity contribution in [1.29, 1.82) is 0 Å². The minimum absolute atomic E-state index is 0.0356. The zero-order valence-corrected chi connectivity index (χ0v) is 14.6. The first-order valence-corrected chi connectivity index (χ1v) is 7.72. The van der Waals surface area contributed by atoms with Crippen LogP contribution in [0.3, 0.4) is 0 Å². The van der Waals surface area contributed by atoms with E-state index in [4.69, 9.17) is 4.74 Å². The van der Waals surface area contributed by atoms with Gasteiger partial charge in [0.15, 0.2) is 0 Å². The minimum atomic E-state index is -0.587. The molecule has 0 radical (unpaired) electrons. The summed E-state index contributed by atoms with van der Waals surface area (Å²) in [5.41, 5.74) is 3.31. The Kier molecular flexibility index (Phi) is 6.89. The van der Waals surface area contributed by atoms with Gasteiger partial charge in [0.1, 0.15) is 23.7 Å². The molecule has 0 aromatic heterocycles. The van der Waals surface area contributed by atoms with Crippen LogP contribution in [0.1, 0.15) is 55.1 Å². The highest BCUT2D eigenvalue weighted by atomic mass is 16.5. The summed E-state index contributed by atoms with van der Waals surface area (Å²) in [6, 6.07) is 1.45. The van der Waals surface area contributed by atoms with E-state index in [0.717, 1.165) is 18.4 Å². The van der Waals surface area contributed by atoms with E-state index in [1.54, 1.807) is 13.8 Å². The van der Waals surface area contributed by atoms with Crippen LogP contribution in [0.2, 0.25) is 0 Å². The molecule has 4 heteroatoms. The van der Waals surface area contributed by atoms with Crippen LogP contribution in [0.25, 0.3) is 0 Å². The lowest BCUT2D eigenvalue weighted by molar-refractivity contribution is 0.0544. The summed E-state index contributed by atoms with van der Waals surface area (Å²) < 4.78 is 5.21. The predicted molar refractivity (Wildman–Crippen MR) is 92.0 cm³/mol. The Balaban J connectivity index is 2.68. The molecule has 0 saturated carbocycles. The van der Waals surface area contributed by atoms with Gasteiger partial charge >= 0.3 is 5.97 Å². The molecule has 23 heavy (non-hydrogen) atoms. The zero-order valence-electron chi connectivity index (χ0n) is 14.6. The van der Waals surface area contributed by atoms with Crippen molar-refractivity contribution in [3.63, 3.8) is 0 Å². The number of ether oxygens (including phenoxy) is 1. The Morgan fingerprint density at radius 1 is 1.17 bits per heavy atom. The average molecular weight is 318 g/mol. The van der Waals surface area contributed by atoms with Gasteiger partial charge in [-0.3, -0.25) is 0 Å². The summed E-state index contributed by atoms with van der Waals surface area (Å²) in [4.78, 5) is 12.1.